The number of esters is 1. The first-order chi connectivity index (χ1) is 10.6. The van der Waals surface area contributed by atoms with Crippen LogP contribution < -0.4 is 5.56 Å². The lowest BCUT2D eigenvalue weighted by molar-refractivity contribution is 0.0524. The maximum Gasteiger partial charge on any atom is 0.341 e. The number of carbonyl (C=O) groups is 1. The molecule has 0 atom stereocenters. The van der Waals surface area contributed by atoms with Crippen molar-refractivity contribution < 1.29 is 13.9 Å². The molecule has 0 aliphatic carbocycles. The molecule has 0 fully saturated rings. The molecule has 2 aromatic rings. The Bertz CT molecular complexity index is 693. The van der Waals surface area contributed by atoms with E-state index < -0.39 is 5.97 Å². The lowest BCUT2D eigenvalue weighted by Gasteiger charge is -2.04. The summed E-state index contributed by atoms with van der Waals surface area (Å²) in [5, 5.41) is 0.516. The van der Waals surface area contributed by atoms with Gasteiger partial charge in [-0.15, -0.1) is 0 Å². The van der Waals surface area contributed by atoms with Gasteiger partial charge in [-0.3, -0.25) is 4.79 Å². The number of H-pyrrole nitrogens is 1. The number of ether oxygens (including phenoxy) is 1. The van der Waals surface area contributed by atoms with Gasteiger partial charge >= 0.3 is 5.97 Å². The lowest BCUT2D eigenvalue weighted by Crippen LogP contribution is -2.10. The Kier molecular flexibility index (Phi) is 5.83. The van der Waals surface area contributed by atoms with E-state index in [9.17, 15) is 9.59 Å². The van der Waals surface area contributed by atoms with Crippen molar-refractivity contribution in [2.45, 2.75) is 37.6 Å². The van der Waals surface area contributed by atoms with Gasteiger partial charge in [-0.2, -0.15) is 0 Å². The van der Waals surface area contributed by atoms with Crippen LogP contribution in [0, 0.1) is 0 Å². The molecule has 7 heteroatoms. The molecule has 0 bridgehead atoms. The molecule has 6 nitrogen and oxygen atoms in total. The van der Waals surface area contributed by atoms with Crippen LogP contribution in [0.4, 0.5) is 0 Å². The summed E-state index contributed by atoms with van der Waals surface area (Å²) in [6.45, 7) is 4.09. The number of nitrogens with one attached hydrogen (secondary N) is 1. The van der Waals surface area contributed by atoms with Crippen molar-refractivity contribution >= 4 is 17.7 Å². The maximum absolute atomic E-state index is 11.8. The minimum Gasteiger partial charge on any atom is -0.468 e. The van der Waals surface area contributed by atoms with E-state index in [2.05, 4.69) is 9.97 Å². The molecule has 0 radical (unpaired) electrons. The number of aryl methyl sites for hydroxylation is 1. The van der Waals surface area contributed by atoms with Gasteiger partial charge in [-0.05, 0) is 19.4 Å². The fourth-order valence-corrected chi connectivity index (χ4v) is 2.76. The number of hydrogen-bond donors (Lipinski definition) is 1. The zero-order valence-corrected chi connectivity index (χ0v) is 13.4. The van der Waals surface area contributed by atoms with E-state index in [1.807, 2.05) is 6.92 Å². The van der Waals surface area contributed by atoms with Gasteiger partial charge in [0.25, 0.3) is 5.56 Å². The summed E-state index contributed by atoms with van der Waals surface area (Å²) in [6.07, 6.45) is 3.13. The van der Waals surface area contributed by atoms with E-state index in [4.69, 9.17) is 9.15 Å². The molecule has 0 unspecified atom stereocenters. The molecule has 0 aromatic carbocycles. The highest BCUT2D eigenvalue weighted by atomic mass is 32.2. The van der Waals surface area contributed by atoms with Crippen molar-refractivity contribution in [3.05, 3.63) is 45.8 Å². The largest absolute Gasteiger partial charge is 0.468 e. The average Bonchev–Trinajstić information content (AvgIpc) is 2.94. The Labute approximate surface area is 132 Å². The van der Waals surface area contributed by atoms with Gasteiger partial charge in [0.05, 0.1) is 18.6 Å². The summed E-state index contributed by atoms with van der Waals surface area (Å²) in [4.78, 5) is 30.4. The van der Waals surface area contributed by atoms with E-state index >= 15 is 0 Å². The van der Waals surface area contributed by atoms with E-state index in [0.29, 0.717) is 28.8 Å². The molecular formula is C15H18N2O4S. The second-order valence-corrected chi connectivity index (χ2v) is 5.52. The third-order valence-electron chi connectivity index (χ3n) is 2.86. The second-order valence-electron chi connectivity index (χ2n) is 4.56. The molecule has 1 N–H and O–H groups in total. The Hall–Kier alpha value is -2.02. The Morgan fingerprint density at radius 1 is 1.45 bits per heavy atom. The first-order valence-electron chi connectivity index (χ1n) is 7.10. The van der Waals surface area contributed by atoms with Crippen molar-refractivity contribution in [3.8, 4) is 0 Å². The fraction of sp³-hybridized carbons (Fsp3) is 0.400. The molecule has 118 valence electrons. The van der Waals surface area contributed by atoms with Crippen LogP contribution >= 0.6 is 11.8 Å². The first kappa shape index (κ1) is 16.4. The van der Waals surface area contributed by atoms with E-state index in [1.54, 1.807) is 13.0 Å². The van der Waals surface area contributed by atoms with Crippen LogP contribution in [0.15, 0.2) is 32.8 Å². The van der Waals surface area contributed by atoms with Crippen LogP contribution in [0.25, 0.3) is 0 Å². The summed E-state index contributed by atoms with van der Waals surface area (Å²) in [5.74, 6) is 0.486. The SMILES string of the molecule is CCCc1cc(=O)[nH]c(SCc2occc2C(=O)OCC)n1. The number of furan rings is 1. The molecule has 2 heterocycles. The molecule has 0 saturated heterocycles. The predicted molar refractivity (Wildman–Crippen MR) is 83.1 cm³/mol. The molecule has 0 amide bonds. The Balaban J connectivity index is 2.09. The van der Waals surface area contributed by atoms with Gasteiger partial charge < -0.3 is 14.1 Å². The normalized spacial score (nSPS) is 10.6. The highest BCUT2D eigenvalue weighted by Gasteiger charge is 2.16. The van der Waals surface area contributed by atoms with E-state index in [-0.39, 0.29) is 5.56 Å². The van der Waals surface area contributed by atoms with Crippen molar-refractivity contribution in [2.24, 2.45) is 0 Å². The zero-order valence-electron chi connectivity index (χ0n) is 12.5. The van der Waals surface area contributed by atoms with Crippen LogP contribution in [0.5, 0.6) is 0 Å². The number of thioether (sulfide) groups is 1. The summed E-state index contributed by atoms with van der Waals surface area (Å²) < 4.78 is 10.3. The van der Waals surface area contributed by atoms with Crippen LogP contribution in [0.3, 0.4) is 0 Å². The summed E-state index contributed by atoms with van der Waals surface area (Å²) >= 11 is 1.31. The predicted octanol–water partition coefficient (Wildman–Crippen LogP) is 2.78. The second kappa shape index (κ2) is 7.84. The van der Waals surface area contributed by atoms with Crippen LogP contribution in [0.1, 0.15) is 42.1 Å². The quantitative estimate of drug-likeness (QED) is 0.479. The van der Waals surface area contributed by atoms with Crippen molar-refractivity contribution in [1.82, 2.24) is 9.97 Å². The summed E-state index contributed by atoms with van der Waals surface area (Å²) in [7, 11) is 0. The third-order valence-corrected chi connectivity index (χ3v) is 3.73. The van der Waals surface area contributed by atoms with Gasteiger partial charge in [-0.1, -0.05) is 25.1 Å². The molecular weight excluding hydrogens is 304 g/mol. The first-order valence-corrected chi connectivity index (χ1v) is 8.09. The van der Waals surface area contributed by atoms with Gasteiger partial charge in [0, 0.05) is 11.8 Å². The lowest BCUT2D eigenvalue weighted by atomic mass is 10.2. The fourth-order valence-electron chi connectivity index (χ4n) is 1.91. The zero-order chi connectivity index (χ0) is 15.9. The van der Waals surface area contributed by atoms with Gasteiger partial charge in [-0.25, -0.2) is 9.78 Å². The number of carbonyl (C=O) groups excluding carboxylic acids is 1. The minimum absolute atomic E-state index is 0.175. The van der Waals surface area contributed by atoms with Crippen molar-refractivity contribution in [1.29, 1.82) is 0 Å². The number of nitrogens with zero attached hydrogens (tertiary/aromatic N) is 1. The molecule has 0 saturated carbocycles. The van der Waals surface area contributed by atoms with Crippen LogP contribution in [0.2, 0.25) is 0 Å². The Morgan fingerprint density at radius 2 is 2.27 bits per heavy atom. The maximum atomic E-state index is 11.8. The van der Waals surface area contributed by atoms with E-state index in [1.165, 1.54) is 24.1 Å². The van der Waals surface area contributed by atoms with Crippen LogP contribution in [-0.4, -0.2) is 22.5 Å². The Morgan fingerprint density at radius 3 is 3.00 bits per heavy atom. The van der Waals surface area contributed by atoms with Gasteiger partial charge in [0.15, 0.2) is 5.16 Å². The van der Waals surface area contributed by atoms with Crippen molar-refractivity contribution in [2.75, 3.05) is 6.61 Å². The third kappa shape index (κ3) is 4.24. The highest BCUT2D eigenvalue weighted by Crippen LogP contribution is 2.22. The molecule has 2 aromatic heterocycles. The smallest absolute Gasteiger partial charge is 0.341 e. The van der Waals surface area contributed by atoms with Crippen LogP contribution in [-0.2, 0) is 16.9 Å². The number of rotatable bonds is 7. The van der Waals surface area contributed by atoms with E-state index in [0.717, 1.165) is 18.5 Å². The monoisotopic (exact) mass is 322 g/mol. The molecule has 0 aliphatic rings. The number of aromatic amines is 1. The molecule has 0 spiro atoms. The summed E-state index contributed by atoms with van der Waals surface area (Å²) in [5.41, 5.74) is 0.992. The number of aromatic nitrogens is 2. The standard InChI is InChI=1S/C15H18N2O4S/c1-3-5-10-8-13(18)17-15(16-10)22-9-12-11(6-7-21-12)14(19)20-4-2/h6-8H,3-5,9H2,1-2H3,(H,16,17,18). The van der Waals surface area contributed by atoms with Gasteiger partial charge in [0.1, 0.15) is 11.3 Å². The van der Waals surface area contributed by atoms with Crippen molar-refractivity contribution in [3.63, 3.8) is 0 Å². The molecule has 0 aliphatic heterocycles. The molecule has 22 heavy (non-hydrogen) atoms. The topological polar surface area (TPSA) is 85.2 Å². The average molecular weight is 322 g/mol. The van der Waals surface area contributed by atoms with Gasteiger partial charge in [0.2, 0.25) is 0 Å². The highest BCUT2D eigenvalue weighted by molar-refractivity contribution is 7.98. The number of hydrogen-bond acceptors (Lipinski definition) is 6. The molecule has 2 rings (SSSR count). The summed E-state index contributed by atoms with van der Waals surface area (Å²) in [6, 6.07) is 3.09. The minimum atomic E-state index is -0.409.